The zero-order chi connectivity index (χ0) is 14.8. The molecule has 0 saturated heterocycles. The van der Waals surface area contributed by atoms with Crippen molar-refractivity contribution in [2.45, 2.75) is 45.8 Å². The van der Waals surface area contributed by atoms with E-state index in [-0.39, 0.29) is 5.54 Å². The molecule has 2 rings (SSSR count). The number of nitrogens with one attached hydrogen (secondary N) is 1. The van der Waals surface area contributed by atoms with Crippen molar-refractivity contribution in [2.75, 3.05) is 6.54 Å². The summed E-state index contributed by atoms with van der Waals surface area (Å²) in [6.45, 7) is 8.93. The Kier molecular flexibility index (Phi) is 4.41. The molecule has 0 aliphatic carbocycles. The lowest BCUT2D eigenvalue weighted by Gasteiger charge is -2.22. The van der Waals surface area contributed by atoms with Crippen LogP contribution in [0, 0.1) is 6.92 Å². The van der Waals surface area contributed by atoms with Crippen LogP contribution >= 0.6 is 0 Å². The van der Waals surface area contributed by atoms with E-state index in [0.717, 1.165) is 16.6 Å². The van der Waals surface area contributed by atoms with Crippen molar-refractivity contribution in [3.8, 4) is 0 Å². The van der Waals surface area contributed by atoms with Gasteiger partial charge in [0.2, 0.25) is 0 Å². The number of rotatable bonds is 4. The molecule has 108 valence electrons. The minimum Gasteiger partial charge on any atom is -0.391 e. The van der Waals surface area contributed by atoms with E-state index in [0.29, 0.717) is 13.0 Å². The summed E-state index contributed by atoms with van der Waals surface area (Å²) >= 11 is 0. The van der Waals surface area contributed by atoms with E-state index in [2.05, 4.69) is 62.3 Å². The maximum absolute atomic E-state index is 10.1. The Hall–Kier alpha value is -1.45. The Morgan fingerprint density at radius 3 is 2.60 bits per heavy atom. The second-order valence-corrected chi connectivity index (χ2v) is 6.49. The average molecular weight is 272 g/mol. The standard InChI is InChI=1S/C17H24N2O/c1-12-5-6-13-7-8-14(19-16(13)9-12)10-15(20)11-18-17(2,3)4/h5-9,15,18,20H,10-11H2,1-4H3/t15-/m0/s1. The van der Waals surface area contributed by atoms with E-state index in [4.69, 9.17) is 0 Å². The number of nitrogens with zero attached hydrogens (tertiary/aromatic N) is 1. The molecule has 20 heavy (non-hydrogen) atoms. The van der Waals surface area contributed by atoms with E-state index < -0.39 is 6.10 Å². The summed E-state index contributed by atoms with van der Waals surface area (Å²) in [5.41, 5.74) is 3.16. The predicted octanol–water partition coefficient (Wildman–Crippen LogP) is 2.83. The number of hydrogen-bond donors (Lipinski definition) is 2. The van der Waals surface area contributed by atoms with Crippen molar-refractivity contribution < 1.29 is 5.11 Å². The molecular formula is C17H24N2O. The number of hydrogen-bond acceptors (Lipinski definition) is 3. The molecule has 3 nitrogen and oxygen atoms in total. The molecule has 1 atom stereocenters. The highest BCUT2D eigenvalue weighted by Gasteiger charge is 2.13. The molecule has 0 saturated carbocycles. The molecule has 0 aliphatic heterocycles. The summed E-state index contributed by atoms with van der Waals surface area (Å²) in [5, 5.41) is 14.5. The monoisotopic (exact) mass is 272 g/mol. The molecule has 2 N–H and O–H groups in total. The van der Waals surface area contributed by atoms with Gasteiger partial charge in [-0.05, 0) is 45.4 Å². The molecule has 0 radical (unpaired) electrons. The fourth-order valence-corrected chi connectivity index (χ4v) is 2.12. The molecule has 0 unspecified atom stereocenters. The highest BCUT2D eigenvalue weighted by Crippen LogP contribution is 2.15. The summed E-state index contributed by atoms with van der Waals surface area (Å²) < 4.78 is 0. The lowest BCUT2D eigenvalue weighted by Crippen LogP contribution is -2.41. The quantitative estimate of drug-likeness (QED) is 0.899. The van der Waals surface area contributed by atoms with Crippen LogP contribution < -0.4 is 5.32 Å². The van der Waals surface area contributed by atoms with Gasteiger partial charge in [-0.2, -0.15) is 0 Å². The Labute approximate surface area is 121 Å². The normalized spacial score (nSPS) is 13.7. The van der Waals surface area contributed by atoms with Gasteiger partial charge in [0.1, 0.15) is 0 Å². The molecule has 3 heteroatoms. The lowest BCUT2D eigenvalue weighted by atomic mass is 10.1. The van der Waals surface area contributed by atoms with Gasteiger partial charge >= 0.3 is 0 Å². The van der Waals surface area contributed by atoms with Crippen LogP contribution in [0.4, 0.5) is 0 Å². The molecule has 0 amide bonds. The van der Waals surface area contributed by atoms with Crippen LogP contribution in [0.2, 0.25) is 0 Å². The second-order valence-electron chi connectivity index (χ2n) is 6.49. The van der Waals surface area contributed by atoms with Crippen LogP contribution in [0.15, 0.2) is 30.3 Å². The number of fused-ring (bicyclic) bond motifs is 1. The number of benzene rings is 1. The summed E-state index contributed by atoms with van der Waals surface area (Å²) in [5.74, 6) is 0. The molecule has 0 spiro atoms. The summed E-state index contributed by atoms with van der Waals surface area (Å²) in [6.07, 6.45) is 0.163. The van der Waals surface area contributed by atoms with Gasteiger partial charge in [-0.3, -0.25) is 4.98 Å². The SMILES string of the molecule is Cc1ccc2ccc(C[C@H](O)CNC(C)(C)C)nc2c1. The summed E-state index contributed by atoms with van der Waals surface area (Å²) in [4.78, 5) is 4.63. The number of aryl methyl sites for hydroxylation is 1. The maximum atomic E-state index is 10.1. The van der Waals surface area contributed by atoms with Gasteiger partial charge in [0, 0.05) is 29.6 Å². The summed E-state index contributed by atoms with van der Waals surface area (Å²) in [7, 11) is 0. The van der Waals surface area contributed by atoms with Gasteiger partial charge in [0.05, 0.1) is 11.6 Å². The molecular weight excluding hydrogens is 248 g/mol. The van der Waals surface area contributed by atoms with Crippen LogP contribution in [0.1, 0.15) is 32.0 Å². The highest BCUT2D eigenvalue weighted by atomic mass is 16.3. The number of aromatic nitrogens is 1. The second kappa shape index (κ2) is 5.90. The van der Waals surface area contributed by atoms with Gasteiger partial charge in [-0.25, -0.2) is 0 Å². The van der Waals surface area contributed by atoms with Crippen molar-refractivity contribution in [2.24, 2.45) is 0 Å². The molecule has 0 aliphatic rings. The van der Waals surface area contributed by atoms with Gasteiger partial charge in [-0.15, -0.1) is 0 Å². The first-order valence-corrected chi connectivity index (χ1v) is 7.13. The zero-order valence-corrected chi connectivity index (χ0v) is 12.8. The number of aliphatic hydroxyl groups is 1. The van der Waals surface area contributed by atoms with Crippen LogP contribution in [0.5, 0.6) is 0 Å². The Balaban J connectivity index is 2.06. The minimum atomic E-state index is -0.413. The Morgan fingerprint density at radius 2 is 1.90 bits per heavy atom. The maximum Gasteiger partial charge on any atom is 0.0720 e. The smallest absolute Gasteiger partial charge is 0.0720 e. The van der Waals surface area contributed by atoms with E-state index in [1.54, 1.807) is 0 Å². The van der Waals surface area contributed by atoms with Crippen molar-refractivity contribution in [3.63, 3.8) is 0 Å². The van der Waals surface area contributed by atoms with Crippen molar-refractivity contribution in [3.05, 3.63) is 41.6 Å². The highest BCUT2D eigenvalue weighted by molar-refractivity contribution is 5.79. The van der Waals surface area contributed by atoms with Crippen LogP contribution in [-0.2, 0) is 6.42 Å². The molecule has 0 bridgehead atoms. The van der Waals surface area contributed by atoms with E-state index in [9.17, 15) is 5.11 Å². The molecule has 0 fully saturated rings. The zero-order valence-electron chi connectivity index (χ0n) is 12.8. The Morgan fingerprint density at radius 1 is 1.20 bits per heavy atom. The van der Waals surface area contributed by atoms with Crippen LogP contribution in [0.3, 0.4) is 0 Å². The molecule has 1 aromatic heterocycles. The first-order chi connectivity index (χ1) is 9.33. The van der Waals surface area contributed by atoms with Gasteiger partial charge in [0.25, 0.3) is 0 Å². The third kappa shape index (κ3) is 4.29. The van der Waals surface area contributed by atoms with Crippen molar-refractivity contribution in [1.29, 1.82) is 0 Å². The van der Waals surface area contributed by atoms with E-state index >= 15 is 0 Å². The fourth-order valence-electron chi connectivity index (χ4n) is 2.12. The lowest BCUT2D eigenvalue weighted by molar-refractivity contribution is 0.160. The summed E-state index contributed by atoms with van der Waals surface area (Å²) in [6, 6.07) is 10.3. The predicted molar refractivity (Wildman–Crippen MR) is 83.9 cm³/mol. The molecule has 1 heterocycles. The Bertz CT molecular complexity index is 587. The first kappa shape index (κ1) is 14.9. The fraction of sp³-hybridized carbons (Fsp3) is 0.471. The third-order valence-corrected chi connectivity index (χ3v) is 3.22. The van der Waals surface area contributed by atoms with Crippen molar-refractivity contribution >= 4 is 10.9 Å². The third-order valence-electron chi connectivity index (χ3n) is 3.22. The number of β-amino-alcohol motifs (C(OH)–C–C–N with tert-alkyl or cyclic N) is 1. The van der Waals surface area contributed by atoms with Gasteiger partial charge in [-0.1, -0.05) is 18.2 Å². The van der Waals surface area contributed by atoms with Crippen LogP contribution in [0.25, 0.3) is 10.9 Å². The van der Waals surface area contributed by atoms with E-state index in [1.165, 1.54) is 5.56 Å². The van der Waals surface area contributed by atoms with E-state index in [1.807, 2.05) is 6.07 Å². The van der Waals surface area contributed by atoms with Gasteiger partial charge < -0.3 is 10.4 Å². The average Bonchev–Trinajstić information content (AvgIpc) is 2.35. The van der Waals surface area contributed by atoms with Gasteiger partial charge in [0.15, 0.2) is 0 Å². The molecule has 2 aromatic rings. The largest absolute Gasteiger partial charge is 0.391 e. The number of aliphatic hydroxyl groups excluding tert-OH is 1. The topological polar surface area (TPSA) is 45.1 Å². The van der Waals surface area contributed by atoms with Crippen molar-refractivity contribution in [1.82, 2.24) is 10.3 Å². The van der Waals surface area contributed by atoms with Crippen LogP contribution in [-0.4, -0.2) is 28.3 Å². The first-order valence-electron chi connectivity index (χ1n) is 7.13. The number of pyridine rings is 1. The molecule has 1 aromatic carbocycles. The minimum absolute atomic E-state index is 0.0227.